The average Bonchev–Trinajstić information content (AvgIpc) is 2.61. The molecule has 4 heteroatoms. The lowest BCUT2D eigenvalue weighted by molar-refractivity contribution is 0.415. The molecule has 23 heavy (non-hydrogen) atoms. The van der Waals surface area contributed by atoms with Crippen molar-refractivity contribution in [3.05, 3.63) is 48.3 Å². The number of aryl methyl sites for hydroxylation is 1. The van der Waals surface area contributed by atoms with Crippen LogP contribution in [0.5, 0.6) is 5.75 Å². The SMILES string of the molecule is CCCCCc1ccc2ncc(-c3ccc(OC)cc3)nc2n1. The third-order valence-corrected chi connectivity index (χ3v) is 3.89. The van der Waals surface area contributed by atoms with Crippen LogP contribution in [0.3, 0.4) is 0 Å². The van der Waals surface area contributed by atoms with E-state index >= 15 is 0 Å². The highest BCUT2D eigenvalue weighted by Gasteiger charge is 2.05. The predicted molar refractivity (Wildman–Crippen MR) is 92.6 cm³/mol. The molecular weight excluding hydrogens is 286 g/mol. The number of ether oxygens (including phenoxy) is 1. The number of hydrogen-bond acceptors (Lipinski definition) is 4. The minimum absolute atomic E-state index is 0.715. The minimum atomic E-state index is 0.715. The second-order valence-corrected chi connectivity index (χ2v) is 5.59. The summed E-state index contributed by atoms with van der Waals surface area (Å²) >= 11 is 0. The van der Waals surface area contributed by atoms with Crippen molar-refractivity contribution in [1.82, 2.24) is 15.0 Å². The second kappa shape index (κ2) is 7.18. The van der Waals surface area contributed by atoms with Crippen LogP contribution in [0.25, 0.3) is 22.4 Å². The Morgan fingerprint density at radius 3 is 2.52 bits per heavy atom. The molecule has 3 aromatic rings. The Labute approximate surface area is 136 Å². The van der Waals surface area contributed by atoms with Gasteiger partial charge >= 0.3 is 0 Å². The summed E-state index contributed by atoms with van der Waals surface area (Å²) in [6, 6.07) is 11.9. The average molecular weight is 307 g/mol. The van der Waals surface area contributed by atoms with Crippen molar-refractivity contribution in [2.24, 2.45) is 0 Å². The highest BCUT2D eigenvalue weighted by molar-refractivity contribution is 5.73. The molecule has 2 heterocycles. The Morgan fingerprint density at radius 2 is 1.78 bits per heavy atom. The number of fused-ring (bicyclic) bond motifs is 1. The Hall–Kier alpha value is -2.49. The van der Waals surface area contributed by atoms with Gasteiger partial charge in [0, 0.05) is 11.3 Å². The summed E-state index contributed by atoms with van der Waals surface area (Å²) in [7, 11) is 1.66. The fourth-order valence-corrected chi connectivity index (χ4v) is 2.53. The molecule has 0 saturated heterocycles. The van der Waals surface area contributed by atoms with Crippen LogP contribution < -0.4 is 4.74 Å². The van der Waals surface area contributed by atoms with E-state index in [2.05, 4.69) is 27.9 Å². The first-order valence-corrected chi connectivity index (χ1v) is 8.07. The fraction of sp³-hybridized carbons (Fsp3) is 0.316. The number of aromatic nitrogens is 3. The van der Waals surface area contributed by atoms with Gasteiger partial charge in [-0.2, -0.15) is 0 Å². The first kappa shape index (κ1) is 15.4. The van der Waals surface area contributed by atoms with Gasteiger partial charge in [0.05, 0.1) is 19.0 Å². The normalized spacial score (nSPS) is 10.9. The minimum Gasteiger partial charge on any atom is -0.497 e. The number of benzene rings is 1. The summed E-state index contributed by atoms with van der Waals surface area (Å²) in [5.74, 6) is 0.832. The molecule has 0 bridgehead atoms. The molecule has 0 spiro atoms. The molecule has 118 valence electrons. The van der Waals surface area contributed by atoms with E-state index in [-0.39, 0.29) is 0 Å². The van der Waals surface area contributed by atoms with Gasteiger partial charge in [-0.05, 0) is 49.2 Å². The summed E-state index contributed by atoms with van der Waals surface area (Å²) in [6.45, 7) is 2.21. The number of methoxy groups -OCH3 is 1. The topological polar surface area (TPSA) is 47.9 Å². The second-order valence-electron chi connectivity index (χ2n) is 5.59. The Kier molecular flexibility index (Phi) is 4.81. The van der Waals surface area contributed by atoms with Crippen LogP contribution in [-0.2, 0) is 6.42 Å². The summed E-state index contributed by atoms with van der Waals surface area (Å²) in [4.78, 5) is 13.8. The molecular formula is C19H21N3O. The van der Waals surface area contributed by atoms with E-state index in [1.807, 2.05) is 30.3 Å². The Morgan fingerprint density at radius 1 is 0.957 bits per heavy atom. The van der Waals surface area contributed by atoms with E-state index in [1.165, 1.54) is 19.3 Å². The molecule has 0 unspecified atom stereocenters. The van der Waals surface area contributed by atoms with Crippen LogP contribution in [0.15, 0.2) is 42.6 Å². The number of rotatable bonds is 6. The summed E-state index contributed by atoms with van der Waals surface area (Å²) in [5, 5.41) is 0. The van der Waals surface area contributed by atoms with E-state index in [1.54, 1.807) is 13.3 Å². The highest BCUT2D eigenvalue weighted by Crippen LogP contribution is 2.21. The lowest BCUT2D eigenvalue weighted by Gasteiger charge is -2.05. The molecule has 0 radical (unpaired) electrons. The lowest BCUT2D eigenvalue weighted by atomic mass is 10.1. The zero-order chi connectivity index (χ0) is 16.1. The maximum absolute atomic E-state index is 5.19. The first-order chi connectivity index (χ1) is 11.3. The molecule has 0 aliphatic carbocycles. The van der Waals surface area contributed by atoms with Gasteiger partial charge in [0.1, 0.15) is 11.3 Å². The van der Waals surface area contributed by atoms with Crippen LogP contribution in [-0.4, -0.2) is 22.1 Å². The molecule has 2 aromatic heterocycles. The smallest absolute Gasteiger partial charge is 0.179 e. The zero-order valence-electron chi connectivity index (χ0n) is 13.6. The van der Waals surface area contributed by atoms with Crippen molar-refractivity contribution in [1.29, 1.82) is 0 Å². The lowest BCUT2D eigenvalue weighted by Crippen LogP contribution is -1.96. The van der Waals surface area contributed by atoms with E-state index in [9.17, 15) is 0 Å². The van der Waals surface area contributed by atoms with Gasteiger partial charge in [-0.3, -0.25) is 4.98 Å². The number of nitrogens with zero attached hydrogens (tertiary/aromatic N) is 3. The van der Waals surface area contributed by atoms with Gasteiger partial charge in [0.25, 0.3) is 0 Å². The van der Waals surface area contributed by atoms with Gasteiger partial charge in [0.2, 0.25) is 0 Å². The van der Waals surface area contributed by atoms with Gasteiger partial charge in [0.15, 0.2) is 5.65 Å². The third kappa shape index (κ3) is 3.65. The summed E-state index contributed by atoms with van der Waals surface area (Å²) in [6.07, 6.45) is 6.41. The van der Waals surface area contributed by atoms with Crippen molar-refractivity contribution in [2.75, 3.05) is 7.11 Å². The number of unbranched alkanes of at least 4 members (excludes halogenated alkanes) is 2. The van der Waals surface area contributed by atoms with E-state index in [4.69, 9.17) is 4.74 Å². The third-order valence-electron chi connectivity index (χ3n) is 3.89. The Bertz CT molecular complexity index is 784. The van der Waals surface area contributed by atoms with Gasteiger partial charge in [-0.15, -0.1) is 0 Å². The number of hydrogen-bond donors (Lipinski definition) is 0. The van der Waals surface area contributed by atoms with Crippen LogP contribution in [0.1, 0.15) is 31.9 Å². The molecule has 0 atom stereocenters. The predicted octanol–water partition coefficient (Wildman–Crippen LogP) is 4.43. The molecule has 0 aliphatic heterocycles. The molecule has 0 aliphatic rings. The largest absolute Gasteiger partial charge is 0.497 e. The fourth-order valence-electron chi connectivity index (χ4n) is 2.53. The molecule has 4 nitrogen and oxygen atoms in total. The first-order valence-electron chi connectivity index (χ1n) is 8.07. The number of pyridine rings is 1. The van der Waals surface area contributed by atoms with Gasteiger partial charge < -0.3 is 4.74 Å². The molecule has 0 amide bonds. The van der Waals surface area contributed by atoms with E-state index in [0.29, 0.717) is 5.65 Å². The maximum Gasteiger partial charge on any atom is 0.179 e. The van der Waals surface area contributed by atoms with Crippen LogP contribution in [0, 0.1) is 0 Å². The van der Waals surface area contributed by atoms with Crippen LogP contribution >= 0.6 is 0 Å². The van der Waals surface area contributed by atoms with Gasteiger partial charge in [-0.25, -0.2) is 9.97 Å². The monoisotopic (exact) mass is 307 g/mol. The maximum atomic E-state index is 5.19. The summed E-state index contributed by atoms with van der Waals surface area (Å²) < 4.78 is 5.19. The quantitative estimate of drug-likeness (QED) is 0.632. The zero-order valence-corrected chi connectivity index (χ0v) is 13.6. The molecule has 0 N–H and O–H groups in total. The highest BCUT2D eigenvalue weighted by atomic mass is 16.5. The van der Waals surface area contributed by atoms with E-state index in [0.717, 1.165) is 34.6 Å². The van der Waals surface area contributed by atoms with Gasteiger partial charge in [-0.1, -0.05) is 19.8 Å². The molecule has 0 fully saturated rings. The van der Waals surface area contributed by atoms with E-state index < -0.39 is 0 Å². The standard InChI is InChI=1S/C19H21N3O/c1-3-4-5-6-15-9-12-17-19(21-15)22-18(13-20-17)14-7-10-16(23-2)11-8-14/h7-13H,3-6H2,1-2H3. The van der Waals surface area contributed by atoms with Crippen molar-refractivity contribution >= 4 is 11.2 Å². The molecule has 3 rings (SSSR count). The van der Waals surface area contributed by atoms with Crippen molar-refractivity contribution in [3.8, 4) is 17.0 Å². The molecule has 0 saturated carbocycles. The van der Waals surface area contributed by atoms with Crippen molar-refractivity contribution < 1.29 is 4.74 Å². The molecule has 1 aromatic carbocycles. The summed E-state index contributed by atoms with van der Waals surface area (Å²) in [5.41, 5.74) is 4.48. The van der Waals surface area contributed by atoms with Crippen molar-refractivity contribution in [2.45, 2.75) is 32.6 Å². The van der Waals surface area contributed by atoms with Crippen LogP contribution in [0.4, 0.5) is 0 Å². The van der Waals surface area contributed by atoms with Crippen LogP contribution in [0.2, 0.25) is 0 Å². The van der Waals surface area contributed by atoms with Crippen molar-refractivity contribution in [3.63, 3.8) is 0 Å². The Balaban J connectivity index is 1.89.